The van der Waals surface area contributed by atoms with Crippen molar-refractivity contribution in [2.75, 3.05) is 11.9 Å². The molecule has 3 heterocycles. The largest absolute Gasteiger partial charge is 0.493 e. The second-order valence-corrected chi connectivity index (χ2v) is 10.8. The molecule has 4 aromatic carbocycles. The number of amides is 1. The normalized spacial score (nSPS) is 23.2. The number of rotatable bonds is 6. The lowest BCUT2D eigenvalue weighted by Crippen LogP contribution is -2.49. The van der Waals surface area contributed by atoms with Gasteiger partial charge in [-0.25, -0.2) is 4.39 Å². The van der Waals surface area contributed by atoms with E-state index in [1.165, 1.54) is 24.3 Å². The Morgan fingerprint density at radius 2 is 1.62 bits per heavy atom. The third-order valence-electron chi connectivity index (χ3n) is 8.70. The highest BCUT2D eigenvalue weighted by Gasteiger charge is 2.70. The number of ketones is 2. The van der Waals surface area contributed by atoms with Gasteiger partial charge >= 0.3 is 0 Å². The first-order valence-corrected chi connectivity index (χ1v) is 14.0. The van der Waals surface area contributed by atoms with Crippen molar-refractivity contribution in [3.63, 3.8) is 0 Å². The molecule has 1 saturated heterocycles. The van der Waals surface area contributed by atoms with Crippen LogP contribution in [0.25, 0.3) is 6.08 Å². The molecular formula is C35H27FN2O4. The van der Waals surface area contributed by atoms with Crippen molar-refractivity contribution >= 4 is 29.2 Å². The molecule has 3 aliphatic rings. The lowest BCUT2D eigenvalue weighted by molar-refractivity contribution is -0.122. The lowest BCUT2D eigenvalue weighted by atomic mass is 9.62. The van der Waals surface area contributed by atoms with Crippen LogP contribution in [0.2, 0.25) is 0 Å². The van der Waals surface area contributed by atoms with Crippen LogP contribution in [0.15, 0.2) is 103 Å². The van der Waals surface area contributed by atoms with E-state index in [2.05, 4.69) is 5.32 Å². The van der Waals surface area contributed by atoms with Gasteiger partial charge in [-0.1, -0.05) is 54.6 Å². The first kappa shape index (κ1) is 25.9. The number of Topliss-reactive ketones (excluding diaryl/α,β-unsaturated/α-hetero) is 2. The zero-order valence-electron chi connectivity index (χ0n) is 22.8. The number of ether oxygens (including phenoxy) is 1. The van der Waals surface area contributed by atoms with E-state index in [0.29, 0.717) is 29.2 Å². The number of carbonyl (C=O) groups excluding carboxylic acids is 3. The Morgan fingerprint density at radius 1 is 0.905 bits per heavy atom. The molecule has 208 valence electrons. The van der Waals surface area contributed by atoms with Gasteiger partial charge < -0.3 is 15.0 Å². The molecule has 0 unspecified atom stereocenters. The molecule has 3 aliphatic heterocycles. The number of benzene rings is 4. The van der Waals surface area contributed by atoms with Crippen LogP contribution in [0.5, 0.6) is 5.75 Å². The van der Waals surface area contributed by atoms with Gasteiger partial charge in [-0.2, -0.15) is 0 Å². The van der Waals surface area contributed by atoms with E-state index in [9.17, 15) is 18.8 Å². The number of halogens is 1. The van der Waals surface area contributed by atoms with Crippen molar-refractivity contribution < 1.29 is 23.5 Å². The Bertz CT molecular complexity index is 1780. The van der Waals surface area contributed by atoms with E-state index >= 15 is 0 Å². The van der Waals surface area contributed by atoms with Gasteiger partial charge in [-0.15, -0.1) is 0 Å². The molecule has 7 heteroatoms. The summed E-state index contributed by atoms with van der Waals surface area (Å²) in [4.78, 5) is 45.9. The predicted molar refractivity (Wildman–Crippen MR) is 157 cm³/mol. The standard InChI is InChI=1S/C35H27FN2O4/c1-2-42-28-14-8-5-11-25(28)32(40)29-30(31(39)22-15-17-23(36)18-16-22)38-20-19-21-9-3-4-10-24(21)33(38)35(29)26-12-6-7-13-27(26)37-34(35)41/h3-20,29-30,33H,2H2,1H3,(H,37,41)/t29-,30+,33-,35+/m0/s1. The average Bonchev–Trinajstić information content (AvgIpc) is 3.49. The van der Waals surface area contributed by atoms with Crippen LogP contribution in [0.3, 0.4) is 0 Å². The fourth-order valence-electron chi connectivity index (χ4n) is 7.07. The van der Waals surface area contributed by atoms with Gasteiger partial charge in [0.1, 0.15) is 23.0 Å². The molecule has 0 aromatic heterocycles. The molecule has 4 atom stereocenters. The van der Waals surface area contributed by atoms with Gasteiger partial charge in [0.05, 0.1) is 24.1 Å². The molecule has 0 bridgehead atoms. The minimum atomic E-state index is -1.45. The third-order valence-corrected chi connectivity index (χ3v) is 8.70. The number of nitrogens with zero attached hydrogens (tertiary/aromatic N) is 1. The first-order chi connectivity index (χ1) is 20.5. The average molecular weight is 559 g/mol. The summed E-state index contributed by atoms with van der Waals surface area (Å²) in [6.07, 6.45) is 3.72. The topological polar surface area (TPSA) is 75.7 Å². The highest BCUT2D eigenvalue weighted by atomic mass is 19.1. The van der Waals surface area contributed by atoms with E-state index < -0.39 is 29.2 Å². The van der Waals surface area contributed by atoms with Gasteiger partial charge in [0, 0.05) is 17.5 Å². The summed E-state index contributed by atoms with van der Waals surface area (Å²) >= 11 is 0. The molecule has 1 amide bonds. The van der Waals surface area contributed by atoms with Crippen LogP contribution in [0, 0.1) is 11.7 Å². The fourth-order valence-corrected chi connectivity index (χ4v) is 7.07. The Balaban J connectivity index is 1.54. The molecule has 0 radical (unpaired) electrons. The summed E-state index contributed by atoms with van der Waals surface area (Å²) in [6, 6.07) is 25.6. The number of para-hydroxylation sites is 2. The number of nitrogens with one attached hydrogen (secondary N) is 1. The Kier molecular flexibility index (Phi) is 6.04. The Morgan fingerprint density at radius 3 is 2.43 bits per heavy atom. The summed E-state index contributed by atoms with van der Waals surface area (Å²) in [5.41, 5.74) is 2.14. The molecule has 0 saturated carbocycles. The van der Waals surface area contributed by atoms with Gasteiger partial charge in [0.2, 0.25) is 5.91 Å². The van der Waals surface area contributed by atoms with Crippen molar-refractivity contribution in [3.8, 4) is 5.75 Å². The van der Waals surface area contributed by atoms with Crippen molar-refractivity contribution in [2.24, 2.45) is 5.92 Å². The van der Waals surface area contributed by atoms with Crippen molar-refractivity contribution in [2.45, 2.75) is 24.4 Å². The van der Waals surface area contributed by atoms with Crippen LogP contribution in [0.4, 0.5) is 10.1 Å². The minimum Gasteiger partial charge on any atom is -0.493 e. The van der Waals surface area contributed by atoms with E-state index in [0.717, 1.165) is 11.1 Å². The second kappa shape index (κ2) is 9.80. The first-order valence-electron chi connectivity index (χ1n) is 14.0. The molecular weight excluding hydrogens is 531 g/mol. The van der Waals surface area contributed by atoms with Crippen LogP contribution in [-0.2, 0) is 10.2 Å². The number of hydrogen-bond acceptors (Lipinski definition) is 5. The summed E-state index contributed by atoms with van der Waals surface area (Å²) in [5.74, 6) is -2.30. The molecule has 1 fully saturated rings. The highest BCUT2D eigenvalue weighted by Crippen LogP contribution is 2.62. The minimum absolute atomic E-state index is 0.257. The van der Waals surface area contributed by atoms with Crippen LogP contribution in [-0.4, -0.2) is 35.0 Å². The smallest absolute Gasteiger partial charge is 0.238 e. The predicted octanol–water partition coefficient (Wildman–Crippen LogP) is 6.21. The summed E-state index contributed by atoms with van der Waals surface area (Å²) in [7, 11) is 0. The molecule has 1 spiro atoms. The van der Waals surface area contributed by atoms with E-state index in [-0.39, 0.29) is 23.0 Å². The maximum absolute atomic E-state index is 15.0. The Labute approximate surface area is 242 Å². The van der Waals surface area contributed by atoms with Crippen LogP contribution < -0.4 is 10.1 Å². The maximum atomic E-state index is 15.0. The summed E-state index contributed by atoms with van der Waals surface area (Å²) in [6.45, 7) is 2.17. The molecule has 0 aliphatic carbocycles. The molecule has 1 N–H and O–H groups in total. The maximum Gasteiger partial charge on any atom is 0.238 e. The summed E-state index contributed by atoms with van der Waals surface area (Å²) < 4.78 is 19.8. The Hall–Kier alpha value is -5.04. The van der Waals surface area contributed by atoms with E-state index in [4.69, 9.17) is 4.74 Å². The molecule has 7 rings (SSSR count). The van der Waals surface area contributed by atoms with Crippen LogP contribution >= 0.6 is 0 Å². The third kappa shape index (κ3) is 3.59. The van der Waals surface area contributed by atoms with Crippen LogP contribution in [0.1, 0.15) is 50.4 Å². The molecule has 4 aromatic rings. The van der Waals surface area contributed by atoms with Gasteiger partial charge in [-0.3, -0.25) is 14.4 Å². The second-order valence-electron chi connectivity index (χ2n) is 10.8. The fraction of sp³-hybridized carbons (Fsp3) is 0.171. The monoisotopic (exact) mass is 558 g/mol. The van der Waals surface area contributed by atoms with Gasteiger partial charge in [0.15, 0.2) is 11.6 Å². The quantitative estimate of drug-likeness (QED) is 0.285. The van der Waals surface area contributed by atoms with Gasteiger partial charge in [0.25, 0.3) is 0 Å². The summed E-state index contributed by atoms with van der Waals surface area (Å²) in [5, 5.41) is 3.04. The van der Waals surface area contributed by atoms with E-state index in [1.807, 2.05) is 72.6 Å². The van der Waals surface area contributed by atoms with Gasteiger partial charge in [-0.05, 0) is 72.2 Å². The number of fused-ring (bicyclic) bond motifs is 6. The van der Waals surface area contributed by atoms with Crippen molar-refractivity contribution in [3.05, 3.63) is 137 Å². The highest BCUT2D eigenvalue weighted by molar-refractivity contribution is 6.17. The number of carbonyl (C=O) groups is 3. The SMILES string of the molecule is CCOc1ccccc1C(=O)[C@@H]1[C@H](C(=O)c2ccc(F)cc2)N2C=Cc3ccccc3[C@H]2[C@]12C(=O)Nc1ccccc12. The number of hydrogen-bond donors (Lipinski definition) is 1. The van der Waals surface area contributed by atoms with Crippen molar-refractivity contribution in [1.29, 1.82) is 0 Å². The number of anilines is 1. The zero-order chi connectivity index (χ0) is 29.0. The molecule has 6 nitrogen and oxygen atoms in total. The van der Waals surface area contributed by atoms with Crippen molar-refractivity contribution in [1.82, 2.24) is 4.90 Å². The van der Waals surface area contributed by atoms with E-state index in [1.54, 1.807) is 24.3 Å². The molecule has 42 heavy (non-hydrogen) atoms. The lowest BCUT2D eigenvalue weighted by Gasteiger charge is -2.38. The zero-order valence-corrected chi connectivity index (χ0v) is 22.8.